The van der Waals surface area contributed by atoms with E-state index in [1.807, 2.05) is 38.2 Å². The lowest BCUT2D eigenvalue weighted by molar-refractivity contribution is 0.102. The number of methoxy groups -OCH3 is 1. The van der Waals surface area contributed by atoms with Crippen LogP contribution in [0.3, 0.4) is 0 Å². The van der Waals surface area contributed by atoms with Crippen molar-refractivity contribution in [1.29, 1.82) is 0 Å². The van der Waals surface area contributed by atoms with E-state index >= 15 is 0 Å². The molecule has 0 fully saturated rings. The highest BCUT2D eigenvalue weighted by Gasteiger charge is 2.24. The highest BCUT2D eigenvalue weighted by molar-refractivity contribution is 7.92. The molecule has 0 aliphatic carbocycles. The highest BCUT2D eigenvalue weighted by atomic mass is 32.2. The fourth-order valence-corrected chi connectivity index (χ4v) is 4.37. The van der Waals surface area contributed by atoms with Gasteiger partial charge in [-0.2, -0.15) is 0 Å². The lowest BCUT2D eigenvalue weighted by Crippen LogP contribution is -2.27. The van der Waals surface area contributed by atoms with Gasteiger partial charge >= 0.3 is 0 Å². The fourth-order valence-electron chi connectivity index (χ4n) is 3.16. The summed E-state index contributed by atoms with van der Waals surface area (Å²) in [4.78, 5) is 14.8. The molecule has 0 saturated carbocycles. The number of carbonyl (C=O) groups is 1. The molecule has 0 aliphatic rings. The third-order valence-electron chi connectivity index (χ3n) is 5.22. The Morgan fingerprint density at radius 1 is 0.969 bits per heavy atom. The van der Waals surface area contributed by atoms with Crippen molar-refractivity contribution in [2.24, 2.45) is 0 Å². The van der Waals surface area contributed by atoms with Gasteiger partial charge in [0.1, 0.15) is 5.75 Å². The molecule has 0 atom stereocenters. The Bertz CT molecular complexity index is 1190. The van der Waals surface area contributed by atoms with Crippen molar-refractivity contribution in [2.45, 2.75) is 11.8 Å². The molecule has 0 saturated heterocycles. The standard InChI is InChI=1S/C24H27N3O4S/c1-5-26(2)20-10-8-9-19(17-20)25-24(28)18-13-15-21(16-14-18)32(29,30)27(3)22-11-6-7-12-23(22)31-4/h6-17H,5H2,1-4H3,(H,25,28). The van der Waals surface area contributed by atoms with Crippen LogP contribution in [0.15, 0.2) is 77.7 Å². The molecule has 32 heavy (non-hydrogen) atoms. The lowest BCUT2D eigenvalue weighted by Gasteiger charge is -2.21. The summed E-state index contributed by atoms with van der Waals surface area (Å²) in [5.74, 6) is 0.133. The van der Waals surface area contributed by atoms with E-state index < -0.39 is 10.0 Å². The lowest BCUT2D eigenvalue weighted by atomic mass is 10.2. The van der Waals surface area contributed by atoms with Crippen LogP contribution in [0.2, 0.25) is 0 Å². The van der Waals surface area contributed by atoms with Gasteiger partial charge < -0.3 is 15.0 Å². The van der Waals surface area contributed by atoms with Crippen molar-refractivity contribution in [3.8, 4) is 5.75 Å². The van der Waals surface area contributed by atoms with E-state index in [4.69, 9.17) is 4.74 Å². The number of benzene rings is 3. The number of hydrogen-bond donors (Lipinski definition) is 1. The number of para-hydroxylation sites is 2. The minimum Gasteiger partial charge on any atom is -0.495 e. The molecule has 0 heterocycles. The first-order chi connectivity index (χ1) is 15.3. The van der Waals surface area contributed by atoms with Crippen molar-refractivity contribution in [3.05, 3.63) is 78.4 Å². The van der Waals surface area contributed by atoms with Crippen LogP contribution in [-0.4, -0.2) is 42.1 Å². The largest absolute Gasteiger partial charge is 0.495 e. The average Bonchev–Trinajstić information content (AvgIpc) is 2.83. The second-order valence-electron chi connectivity index (χ2n) is 7.19. The molecule has 1 amide bonds. The van der Waals surface area contributed by atoms with E-state index in [1.54, 1.807) is 24.3 Å². The van der Waals surface area contributed by atoms with Crippen LogP contribution in [-0.2, 0) is 10.0 Å². The Kier molecular flexibility index (Phi) is 7.05. The predicted molar refractivity (Wildman–Crippen MR) is 128 cm³/mol. The molecule has 3 aromatic carbocycles. The van der Waals surface area contributed by atoms with Crippen molar-refractivity contribution >= 4 is 33.0 Å². The van der Waals surface area contributed by atoms with E-state index in [0.29, 0.717) is 22.7 Å². The Morgan fingerprint density at radius 2 is 1.66 bits per heavy atom. The topological polar surface area (TPSA) is 79.0 Å². The minimum atomic E-state index is -3.83. The zero-order chi connectivity index (χ0) is 23.3. The molecular formula is C24H27N3O4S. The van der Waals surface area contributed by atoms with Gasteiger partial charge in [-0.25, -0.2) is 8.42 Å². The normalized spacial score (nSPS) is 11.0. The number of amides is 1. The number of nitrogens with zero attached hydrogens (tertiary/aromatic N) is 2. The van der Waals surface area contributed by atoms with Gasteiger partial charge in [0.15, 0.2) is 0 Å². The van der Waals surface area contributed by atoms with Gasteiger partial charge in [-0.3, -0.25) is 9.10 Å². The average molecular weight is 454 g/mol. The number of ether oxygens (including phenoxy) is 1. The molecule has 3 rings (SSSR count). The molecule has 1 N–H and O–H groups in total. The predicted octanol–water partition coefficient (Wildman–Crippen LogP) is 4.23. The van der Waals surface area contributed by atoms with Crippen LogP contribution >= 0.6 is 0 Å². The summed E-state index contributed by atoms with van der Waals surface area (Å²) in [6.45, 7) is 2.89. The third kappa shape index (κ3) is 4.86. The minimum absolute atomic E-state index is 0.0778. The Morgan fingerprint density at radius 3 is 2.31 bits per heavy atom. The number of sulfonamides is 1. The monoisotopic (exact) mass is 453 g/mol. The van der Waals surface area contributed by atoms with Gasteiger partial charge in [0.2, 0.25) is 0 Å². The van der Waals surface area contributed by atoms with Crippen LogP contribution < -0.4 is 19.3 Å². The van der Waals surface area contributed by atoms with Gasteiger partial charge in [-0.15, -0.1) is 0 Å². The van der Waals surface area contributed by atoms with Crippen LogP contribution in [0, 0.1) is 0 Å². The molecular weight excluding hydrogens is 426 g/mol. The quantitative estimate of drug-likeness (QED) is 0.552. The number of nitrogens with one attached hydrogen (secondary N) is 1. The first-order valence-corrected chi connectivity index (χ1v) is 11.6. The molecule has 7 nitrogen and oxygen atoms in total. The zero-order valence-corrected chi connectivity index (χ0v) is 19.4. The molecule has 168 valence electrons. The van der Waals surface area contributed by atoms with E-state index in [1.165, 1.54) is 38.4 Å². The fraction of sp³-hybridized carbons (Fsp3) is 0.208. The maximum absolute atomic E-state index is 13.1. The summed E-state index contributed by atoms with van der Waals surface area (Å²) in [6.07, 6.45) is 0. The van der Waals surface area contributed by atoms with Crippen molar-refractivity contribution in [3.63, 3.8) is 0 Å². The smallest absolute Gasteiger partial charge is 0.264 e. The summed E-state index contributed by atoms with van der Waals surface area (Å²) in [5.41, 5.74) is 2.44. The molecule has 0 unspecified atom stereocenters. The molecule has 0 radical (unpaired) electrons. The summed E-state index contributed by atoms with van der Waals surface area (Å²) < 4.78 is 32.6. The maximum atomic E-state index is 13.1. The van der Waals surface area contributed by atoms with Crippen molar-refractivity contribution < 1.29 is 17.9 Å². The Balaban J connectivity index is 1.79. The van der Waals surface area contributed by atoms with E-state index in [9.17, 15) is 13.2 Å². The zero-order valence-electron chi connectivity index (χ0n) is 18.6. The van der Waals surface area contributed by atoms with Crippen LogP contribution in [0.5, 0.6) is 5.75 Å². The second-order valence-corrected chi connectivity index (χ2v) is 9.16. The Labute approximate surface area is 189 Å². The van der Waals surface area contributed by atoms with Crippen LogP contribution in [0.1, 0.15) is 17.3 Å². The number of anilines is 3. The number of rotatable bonds is 8. The summed E-state index contributed by atoms with van der Waals surface area (Å²) in [7, 11) is 1.10. The van der Waals surface area contributed by atoms with Crippen LogP contribution in [0.4, 0.5) is 17.1 Å². The second kappa shape index (κ2) is 9.74. The molecule has 0 aromatic heterocycles. The van der Waals surface area contributed by atoms with Gasteiger partial charge in [0.05, 0.1) is 17.7 Å². The van der Waals surface area contributed by atoms with Gasteiger partial charge in [0.25, 0.3) is 15.9 Å². The first-order valence-electron chi connectivity index (χ1n) is 10.1. The van der Waals surface area contributed by atoms with Crippen LogP contribution in [0.25, 0.3) is 0 Å². The Hall–Kier alpha value is -3.52. The van der Waals surface area contributed by atoms with Crippen molar-refractivity contribution in [2.75, 3.05) is 42.3 Å². The third-order valence-corrected chi connectivity index (χ3v) is 7.00. The maximum Gasteiger partial charge on any atom is 0.264 e. The molecule has 0 spiro atoms. The number of hydrogen-bond acceptors (Lipinski definition) is 5. The van der Waals surface area contributed by atoms with Gasteiger partial charge in [0, 0.05) is 37.6 Å². The summed E-state index contributed by atoms with van der Waals surface area (Å²) in [6, 6.07) is 20.3. The SMILES string of the molecule is CCN(C)c1cccc(NC(=O)c2ccc(S(=O)(=O)N(C)c3ccccc3OC)cc2)c1. The summed E-state index contributed by atoms with van der Waals surface area (Å²) >= 11 is 0. The van der Waals surface area contributed by atoms with E-state index in [2.05, 4.69) is 10.2 Å². The van der Waals surface area contributed by atoms with E-state index in [0.717, 1.165) is 16.5 Å². The van der Waals surface area contributed by atoms with E-state index in [-0.39, 0.29) is 10.8 Å². The molecule has 8 heteroatoms. The van der Waals surface area contributed by atoms with Crippen molar-refractivity contribution in [1.82, 2.24) is 0 Å². The molecule has 0 bridgehead atoms. The van der Waals surface area contributed by atoms with Gasteiger partial charge in [-0.1, -0.05) is 18.2 Å². The molecule has 0 aliphatic heterocycles. The highest BCUT2D eigenvalue weighted by Crippen LogP contribution is 2.31. The van der Waals surface area contributed by atoms with Gasteiger partial charge in [-0.05, 0) is 61.5 Å². The first kappa shape index (κ1) is 23.1. The molecule has 3 aromatic rings. The number of carbonyl (C=O) groups excluding carboxylic acids is 1. The summed E-state index contributed by atoms with van der Waals surface area (Å²) in [5, 5.41) is 2.86.